The van der Waals surface area contributed by atoms with E-state index in [1.807, 2.05) is 20.8 Å². The first-order chi connectivity index (χ1) is 10.1. The van der Waals surface area contributed by atoms with E-state index in [0.717, 1.165) is 17.7 Å². The molecule has 5 nitrogen and oxygen atoms in total. The number of amides is 2. The van der Waals surface area contributed by atoms with Crippen molar-refractivity contribution in [2.45, 2.75) is 71.9 Å². The second-order valence-corrected chi connectivity index (χ2v) is 7.12. The first-order valence-corrected chi connectivity index (χ1v) is 7.94. The van der Waals surface area contributed by atoms with Crippen LogP contribution in [-0.2, 0) is 14.4 Å². The standard InChI is InChI=1S/C17H28N2O3/c1-6-10-17(5,7-2)15(22)12(11-16(3,4)18)19-13(20)8-9-14(19)21/h8-9,12H,6-7,10-11,18H2,1-5H3. The fourth-order valence-corrected chi connectivity index (χ4v) is 2.95. The zero-order valence-electron chi connectivity index (χ0n) is 14.3. The van der Waals surface area contributed by atoms with Gasteiger partial charge in [0, 0.05) is 23.1 Å². The summed E-state index contributed by atoms with van der Waals surface area (Å²) < 4.78 is 0. The number of rotatable bonds is 8. The van der Waals surface area contributed by atoms with Crippen LogP contribution in [0.3, 0.4) is 0 Å². The van der Waals surface area contributed by atoms with Crippen molar-refractivity contribution in [3.63, 3.8) is 0 Å². The Labute approximate surface area is 132 Å². The fraction of sp³-hybridized carbons (Fsp3) is 0.706. The van der Waals surface area contributed by atoms with Crippen molar-refractivity contribution in [2.75, 3.05) is 0 Å². The molecule has 1 heterocycles. The fourth-order valence-electron chi connectivity index (χ4n) is 2.95. The zero-order valence-corrected chi connectivity index (χ0v) is 14.3. The molecule has 0 aromatic carbocycles. The molecule has 0 spiro atoms. The number of nitrogens with zero attached hydrogens (tertiary/aromatic N) is 1. The van der Waals surface area contributed by atoms with Crippen LogP contribution in [0.25, 0.3) is 0 Å². The second-order valence-electron chi connectivity index (χ2n) is 7.12. The highest BCUT2D eigenvalue weighted by atomic mass is 16.2. The van der Waals surface area contributed by atoms with Gasteiger partial charge in [0.05, 0.1) is 0 Å². The van der Waals surface area contributed by atoms with Crippen molar-refractivity contribution in [3.05, 3.63) is 12.2 Å². The van der Waals surface area contributed by atoms with Gasteiger partial charge >= 0.3 is 0 Å². The molecule has 2 atom stereocenters. The van der Waals surface area contributed by atoms with Gasteiger partial charge in [-0.3, -0.25) is 19.3 Å². The quantitative estimate of drug-likeness (QED) is 0.697. The average molecular weight is 308 g/mol. The van der Waals surface area contributed by atoms with E-state index in [9.17, 15) is 14.4 Å². The lowest BCUT2D eigenvalue weighted by Gasteiger charge is -2.37. The van der Waals surface area contributed by atoms with Gasteiger partial charge in [-0.2, -0.15) is 0 Å². The summed E-state index contributed by atoms with van der Waals surface area (Å²) in [6, 6.07) is -0.800. The van der Waals surface area contributed by atoms with E-state index in [1.54, 1.807) is 13.8 Å². The van der Waals surface area contributed by atoms with Gasteiger partial charge in [-0.25, -0.2) is 0 Å². The van der Waals surface area contributed by atoms with Crippen molar-refractivity contribution in [2.24, 2.45) is 11.1 Å². The molecule has 124 valence electrons. The third kappa shape index (κ3) is 4.03. The van der Waals surface area contributed by atoms with Gasteiger partial charge in [0.25, 0.3) is 11.8 Å². The maximum Gasteiger partial charge on any atom is 0.254 e. The molecule has 2 N–H and O–H groups in total. The number of nitrogens with two attached hydrogens (primary N) is 1. The Hall–Kier alpha value is -1.49. The van der Waals surface area contributed by atoms with Gasteiger partial charge in [0.15, 0.2) is 5.78 Å². The summed E-state index contributed by atoms with van der Waals surface area (Å²) in [6.45, 7) is 9.50. The van der Waals surface area contributed by atoms with Crippen molar-refractivity contribution in [1.29, 1.82) is 0 Å². The lowest BCUT2D eigenvalue weighted by Crippen LogP contribution is -2.54. The van der Waals surface area contributed by atoms with Crippen LogP contribution in [0.4, 0.5) is 0 Å². The lowest BCUT2D eigenvalue weighted by atomic mass is 9.74. The zero-order chi connectivity index (χ0) is 17.1. The second kappa shape index (κ2) is 6.73. The largest absolute Gasteiger partial charge is 0.325 e. The molecule has 2 amide bonds. The molecule has 2 unspecified atom stereocenters. The highest BCUT2D eigenvalue weighted by molar-refractivity contribution is 6.15. The van der Waals surface area contributed by atoms with Crippen molar-refractivity contribution in [1.82, 2.24) is 4.90 Å². The third-order valence-electron chi connectivity index (χ3n) is 4.35. The molecule has 0 aromatic rings. The molecule has 1 rings (SSSR count). The van der Waals surface area contributed by atoms with Crippen LogP contribution in [0, 0.1) is 5.41 Å². The Morgan fingerprint density at radius 2 is 1.68 bits per heavy atom. The molecular weight excluding hydrogens is 280 g/mol. The SMILES string of the molecule is CCCC(C)(CC)C(=O)C(CC(C)(C)N)N1C(=O)C=CC1=O. The summed E-state index contributed by atoms with van der Waals surface area (Å²) >= 11 is 0. The monoisotopic (exact) mass is 308 g/mol. The van der Waals surface area contributed by atoms with E-state index in [1.165, 1.54) is 12.2 Å². The molecule has 0 saturated carbocycles. The summed E-state index contributed by atoms with van der Waals surface area (Å²) in [5, 5.41) is 0. The maximum atomic E-state index is 13.1. The van der Waals surface area contributed by atoms with Crippen molar-refractivity contribution >= 4 is 17.6 Å². The van der Waals surface area contributed by atoms with Gasteiger partial charge in [0.2, 0.25) is 0 Å². The van der Waals surface area contributed by atoms with Gasteiger partial charge in [-0.05, 0) is 33.1 Å². The summed E-state index contributed by atoms with van der Waals surface area (Å²) in [5.41, 5.74) is 4.87. The third-order valence-corrected chi connectivity index (χ3v) is 4.35. The summed E-state index contributed by atoms with van der Waals surface area (Å²) in [7, 11) is 0. The number of carbonyl (C=O) groups is 3. The molecule has 0 aromatic heterocycles. The Kier molecular flexibility index (Phi) is 5.68. The minimum atomic E-state index is -0.800. The number of carbonyl (C=O) groups excluding carboxylic acids is 3. The van der Waals surface area contributed by atoms with E-state index < -0.39 is 28.8 Å². The highest BCUT2D eigenvalue weighted by Gasteiger charge is 2.44. The van der Waals surface area contributed by atoms with Crippen LogP contribution in [0.5, 0.6) is 0 Å². The smallest absolute Gasteiger partial charge is 0.254 e. The van der Waals surface area contributed by atoms with E-state index in [0.29, 0.717) is 6.42 Å². The molecule has 0 radical (unpaired) electrons. The Morgan fingerprint density at radius 1 is 1.18 bits per heavy atom. The van der Waals surface area contributed by atoms with Gasteiger partial charge in [0.1, 0.15) is 6.04 Å². The van der Waals surface area contributed by atoms with Crippen LogP contribution in [0.1, 0.15) is 60.3 Å². The molecular formula is C17H28N2O3. The molecule has 0 aliphatic carbocycles. The highest BCUT2D eigenvalue weighted by Crippen LogP contribution is 2.33. The van der Waals surface area contributed by atoms with E-state index in [2.05, 4.69) is 0 Å². The summed E-state index contributed by atoms with van der Waals surface area (Å²) in [4.78, 5) is 38.2. The van der Waals surface area contributed by atoms with Gasteiger partial charge in [-0.15, -0.1) is 0 Å². The van der Waals surface area contributed by atoms with Crippen LogP contribution < -0.4 is 5.73 Å². The minimum Gasteiger partial charge on any atom is -0.325 e. The number of imide groups is 1. The number of ketones is 1. The minimum absolute atomic E-state index is 0.0687. The lowest BCUT2D eigenvalue weighted by molar-refractivity contribution is -0.149. The van der Waals surface area contributed by atoms with Crippen molar-refractivity contribution < 1.29 is 14.4 Å². The number of hydrogen-bond acceptors (Lipinski definition) is 4. The predicted octanol–water partition coefficient (Wildman–Crippen LogP) is 2.19. The predicted molar refractivity (Wildman–Crippen MR) is 86.0 cm³/mol. The molecule has 0 fully saturated rings. The molecule has 5 heteroatoms. The molecule has 1 aliphatic heterocycles. The van der Waals surface area contributed by atoms with Crippen LogP contribution in [-0.4, -0.2) is 34.1 Å². The van der Waals surface area contributed by atoms with Gasteiger partial charge < -0.3 is 5.73 Å². The van der Waals surface area contributed by atoms with E-state index >= 15 is 0 Å². The molecule has 0 saturated heterocycles. The van der Waals surface area contributed by atoms with Crippen LogP contribution in [0.15, 0.2) is 12.2 Å². The Morgan fingerprint density at radius 3 is 2.05 bits per heavy atom. The van der Waals surface area contributed by atoms with Gasteiger partial charge in [-0.1, -0.05) is 27.2 Å². The van der Waals surface area contributed by atoms with Crippen LogP contribution in [0.2, 0.25) is 0 Å². The maximum absolute atomic E-state index is 13.1. The first kappa shape index (κ1) is 18.6. The van der Waals surface area contributed by atoms with E-state index in [4.69, 9.17) is 5.73 Å². The normalized spacial score (nSPS) is 19.5. The summed E-state index contributed by atoms with van der Waals surface area (Å²) in [5.74, 6) is -0.925. The number of Topliss-reactive ketones (excluding diaryl/α,β-unsaturated/α-hetero) is 1. The van der Waals surface area contributed by atoms with Crippen LogP contribution >= 0.6 is 0 Å². The average Bonchev–Trinajstić information content (AvgIpc) is 2.74. The summed E-state index contributed by atoms with van der Waals surface area (Å²) in [6.07, 6.45) is 4.97. The Bertz CT molecular complexity index is 473. The molecule has 1 aliphatic rings. The van der Waals surface area contributed by atoms with Crippen molar-refractivity contribution in [3.8, 4) is 0 Å². The molecule has 22 heavy (non-hydrogen) atoms. The Balaban J connectivity index is 3.18. The number of hydrogen-bond donors (Lipinski definition) is 1. The van der Waals surface area contributed by atoms with E-state index in [-0.39, 0.29) is 12.2 Å². The topological polar surface area (TPSA) is 80.5 Å². The molecule has 0 bridgehead atoms. The first-order valence-electron chi connectivity index (χ1n) is 7.94.